The molecule has 22 heteroatoms. The Balaban J connectivity index is 3.56. The van der Waals surface area contributed by atoms with E-state index in [9.17, 15) is 52.7 Å². The highest BCUT2D eigenvalue weighted by molar-refractivity contribution is 6.00. The van der Waals surface area contributed by atoms with Gasteiger partial charge in [-0.1, -0.05) is 102 Å². The van der Waals surface area contributed by atoms with Gasteiger partial charge in [0.1, 0.15) is 41.6 Å². The highest BCUT2D eigenvalue weighted by atomic mass is 16.2. The summed E-state index contributed by atoms with van der Waals surface area (Å²) in [5.41, 5.74) is -3.94. The molecule has 22 nitrogen and oxygen atoms in total. The molecule has 1 aliphatic rings. The fourth-order valence-electron chi connectivity index (χ4n) is 11.2. The molecule has 1 unspecified atom stereocenters. The van der Waals surface area contributed by atoms with Crippen LogP contribution in [-0.2, 0) is 52.7 Å². The maximum absolute atomic E-state index is 14.9. The van der Waals surface area contributed by atoms with Gasteiger partial charge in [0.2, 0.25) is 47.3 Å². The van der Waals surface area contributed by atoms with E-state index in [4.69, 9.17) is 0 Å². The topological polar surface area (TPSA) is 259 Å². The Hall–Kier alpha value is -6.03. The molecule has 1 saturated heterocycles. The van der Waals surface area contributed by atoms with Crippen molar-refractivity contribution in [1.29, 1.82) is 0 Å². The van der Waals surface area contributed by atoms with Crippen molar-refractivity contribution in [1.82, 2.24) is 55.6 Å². The number of hydrogen-bond donors (Lipinski definition) is 4. The van der Waals surface area contributed by atoms with E-state index < -0.39 is 107 Å². The van der Waals surface area contributed by atoms with E-state index >= 15 is 0 Å². The number of amides is 9. The number of carbonyl (C=O) groups excluding carboxylic acids is 11. The molecule has 1 fully saturated rings. The average molecular weight is 1180 g/mol. The van der Waals surface area contributed by atoms with Gasteiger partial charge >= 0.3 is 0 Å². The third kappa shape index (κ3) is 19.5. The molecular weight excluding hydrogens is 1070 g/mol. The summed E-state index contributed by atoms with van der Waals surface area (Å²) in [6.07, 6.45) is 7.51. The molecule has 0 aromatic heterocycles. The monoisotopic (exact) mass is 1180 g/mol. The van der Waals surface area contributed by atoms with Crippen molar-refractivity contribution >= 4 is 65.7 Å². The van der Waals surface area contributed by atoms with Gasteiger partial charge < -0.3 is 44.9 Å². The normalized spacial score (nSPS) is 18.5. The van der Waals surface area contributed by atoms with Crippen molar-refractivity contribution in [2.75, 3.05) is 49.3 Å². The van der Waals surface area contributed by atoms with Gasteiger partial charge in [-0.3, -0.25) is 63.4 Å². The minimum atomic E-state index is -1.84. The maximum atomic E-state index is 14.9. The molecule has 0 saturated carbocycles. The molecule has 1 aliphatic heterocycles. The molecule has 0 aliphatic carbocycles. The average Bonchev–Trinajstić information content (AvgIpc) is 2.26. The molecule has 0 radical (unpaired) electrons. The van der Waals surface area contributed by atoms with E-state index in [0.29, 0.717) is 19.0 Å². The number of allylic oxidation sites excluding steroid dienone is 2. The first-order valence-electron chi connectivity index (χ1n) is 30.1. The van der Waals surface area contributed by atoms with Gasteiger partial charge in [-0.15, -0.1) is 0 Å². The van der Waals surface area contributed by atoms with Crippen LogP contribution in [0.15, 0.2) is 24.4 Å². The molecule has 0 aromatic carbocycles. The number of hydrogen-bond acceptors (Lipinski definition) is 13. The van der Waals surface area contributed by atoms with E-state index in [2.05, 4.69) is 27.8 Å². The molecular formula is C62H109N11O11. The predicted molar refractivity (Wildman–Crippen MR) is 327 cm³/mol. The molecule has 478 valence electrons. The number of aldehydes is 2. The van der Waals surface area contributed by atoms with Gasteiger partial charge in [0, 0.05) is 61.8 Å². The van der Waals surface area contributed by atoms with Gasteiger partial charge in [-0.25, -0.2) is 0 Å². The van der Waals surface area contributed by atoms with E-state index in [0.717, 1.165) is 16.2 Å². The van der Waals surface area contributed by atoms with Gasteiger partial charge in [0.15, 0.2) is 18.2 Å². The minimum Gasteiger partial charge on any atom is -0.357 e. The smallest absolute Gasteiger partial charge is 0.271 e. The lowest BCUT2D eigenvalue weighted by Gasteiger charge is -2.44. The molecule has 9 amide bonds. The molecule has 0 bridgehead atoms. The van der Waals surface area contributed by atoms with Crippen molar-refractivity contribution in [3.63, 3.8) is 0 Å². The van der Waals surface area contributed by atoms with E-state index in [-0.39, 0.29) is 85.6 Å². The molecule has 0 aromatic rings. The fraction of sp³-hybridized carbons (Fsp3) is 0.758. The Morgan fingerprint density at radius 3 is 1.69 bits per heavy atom. The number of likely N-dealkylation sites (tertiary alicyclic amines) is 1. The minimum absolute atomic E-state index is 0.0187. The summed E-state index contributed by atoms with van der Waals surface area (Å²) in [6, 6.07) is -7.92. The molecule has 4 N–H and O–H groups in total. The molecule has 0 spiro atoms. The van der Waals surface area contributed by atoms with Crippen molar-refractivity contribution in [3.8, 4) is 0 Å². The third-order valence-electron chi connectivity index (χ3n) is 16.3. The number of nitrogens with one attached hydrogen (secondary N) is 4. The second-order valence-corrected chi connectivity index (χ2v) is 25.5. The van der Waals surface area contributed by atoms with Gasteiger partial charge in [0.25, 0.3) is 5.91 Å². The summed E-state index contributed by atoms with van der Waals surface area (Å²) >= 11 is 0. The zero-order valence-corrected chi connectivity index (χ0v) is 55.4. The van der Waals surface area contributed by atoms with E-state index in [1.54, 1.807) is 34.7 Å². The summed E-state index contributed by atoms with van der Waals surface area (Å²) in [4.78, 5) is 163. The Morgan fingerprint density at radius 2 is 1.25 bits per heavy atom. The first-order valence-corrected chi connectivity index (χ1v) is 30.1. The lowest BCUT2D eigenvalue weighted by Crippen LogP contribution is -2.68. The second kappa shape index (κ2) is 33.6. The molecule has 1 rings (SSSR count). The summed E-state index contributed by atoms with van der Waals surface area (Å²) in [5.74, 6) is -5.59. The van der Waals surface area contributed by atoms with Crippen LogP contribution >= 0.6 is 0 Å². The lowest BCUT2D eigenvalue weighted by molar-refractivity contribution is -0.154. The van der Waals surface area contributed by atoms with Crippen LogP contribution in [0.2, 0.25) is 0 Å². The summed E-state index contributed by atoms with van der Waals surface area (Å²) in [6.45, 7) is 32.8. The predicted octanol–water partition coefficient (Wildman–Crippen LogP) is 4.57. The summed E-state index contributed by atoms with van der Waals surface area (Å²) < 4.78 is 0. The highest BCUT2D eigenvalue weighted by Crippen LogP contribution is 2.31. The largest absolute Gasteiger partial charge is 0.357 e. The van der Waals surface area contributed by atoms with Crippen LogP contribution in [0, 0.1) is 35.5 Å². The van der Waals surface area contributed by atoms with Crippen molar-refractivity contribution in [2.45, 2.75) is 222 Å². The van der Waals surface area contributed by atoms with Crippen LogP contribution < -0.4 is 21.3 Å². The van der Waals surface area contributed by atoms with Gasteiger partial charge in [-0.2, -0.15) is 0 Å². The molecule has 84 heavy (non-hydrogen) atoms. The number of rotatable bonds is 35. The number of carbonyl (C=O) groups is 11. The lowest BCUT2D eigenvalue weighted by atomic mass is 9.92. The van der Waals surface area contributed by atoms with Crippen LogP contribution in [0.5, 0.6) is 0 Å². The standard InChI is InChI=1S/C62H109N11O11/c1-25-27-28-42(13)29-30-50(76)64-46(26-2)56(80)67(19)45(16)55(79)72(24)62(36-75,34-39(7)8)66-51(40(9)10)60(84)70(22)49-33-43(14)73(59(49)83)61(17,35-74)65-44(15)54(78)68(20)47(31-37(3)4)57(81)69(21)48(32-38(5)6)58(82)71(23)52(41(11)12)53(77)63-18/h25,27,35-44,46-49,51-52,65-66H,16,26,28-34H2,1-15,17-24H3,(H,63,77)(H,64,76)/b27-25+/t42-,43?,44+,46+,47-,48+,49+,51-,52+,61+,62+/m1/s1. The Kier molecular flexibility index (Phi) is 30.4. The Labute approximate surface area is 503 Å². The zero-order valence-electron chi connectivity index (χ0n) is 55.4. The third-order valence-corrected chi connectivity index (χ3v) is 16.3. The van der Waals surface area contributed by atoms with Crippen molar-refractivity contribution in [2.24, 2.45) is 35.5 Å². The first-order chi connectivity index (χ1) is 38.8. The second-order valence-electron chi connectivity index (χ2n) is 25.5. The van der Waals surface area contributed by atoms with Gasteiger partial charge in [0.05, 0.1) is 12.1 Å². The van der Waals surface area contributed by atoms with E-state index in [1.165, 1.54) is 80.6 Å². The van der Waals surface area contributed by atoms with Crippen molar-refractivity contribution in [3.05, 3.63) is 24.4 Å². The fourth-order valence-corrected chi connectivity index (χ4v) is 11.2. The number of nitrogens with zero attached hydrogens (tertiary/aromatic N) is 7. The number of likely N-dealkylation sites (N-methyl/N-ethyl adjacent to an activating group) is 7. The van der Waals surface area contributed by atoms with E-state index in [1.807, 2.05) is 81.4 Å². The quantitative estimate of drug-likeness (QED) is 0.0294. The van der Waals surface area contributed by atoms with Gasteiger partial charge in [-0.05, 0) is 108 Å². The summed E-state index contributed by atoms with van der Waals surface area (Å²) in [7, 11) is 10.2. The Bertz CT molecular complexity index is 2340. The Morgan fingerprint density at radius 1 is 0.726 bits per heavy atom. The van der Waals surface area contributed by atoms with Crippen LogP contribution in [0.1, 0.15) is 162 Å². The maximum Gasteiger partial charge on any atom is 0.271 e. The highest BCUT2D eigenvalue weighted by Gasteiger charge is 2.52. The summed E-state index contributed by atoms with van der Waals surface area (Å²) in [5, 5.41) is 11.7. The molecule has 1 heterocycles. The van der Waals surface area contributed by atoms with Crippen LogP contribution in [0.3, 0.4) is 0 Å². The van der Waals surface area contributed by atoms with Crippen molar-refractivity contribution < 1.29 is 52.7 Å². The molecule has 11 atom stereocenters. The SMILES string of the molecule is C=C(C(=O)N(C)[C@](C=O)(CC(C)C)N[C@@H](C(=O)N(C)[C@H]1CC(C)N([C@@](C)(C=O)N[C@@H](C)C(=O)N(C)[C@H](CC(C)C)C(=O)N(C)[C@@H](CC(C)C)C(=O)N(C)[C@H](C(=O)NC)C(C)C)C1=O)C(C)C)N(C)C(=O)[C@H](CC)NC(=O)CC[C@H](C)C/C=C/C. The van der Waals surface area contributed by atoms with Crippen LogP contribution in [-0.4, -0.2) is 209 Å². The van der Waals surface area contributed by atoms with Crippen LogP contribution in [0.25, 0.3) is 0 Å². The first kappa shape index (κ1) is 76.0. The zero-order chi connectivity index (χ0) is 65.2. The van der Waals surface area contributed by atoms with Crippen LogP contribution in [0.4, 0.5) is 0 Å².